The average Bonchev–Trinajstić information content (AvgIpc) is 2.89. The molecule has 2 aromatic rings. The van der Waals surface area contributed by atoms with Gasteiger partial charge in [-0.1, -0.05) is 13.0 Å². The van der Waals surface area contributed by atoms with Gasteiger partial charge in [-0.15, -0.1) is 0 Å². The monoisotopic (exact) mass is 297 g/mol. The largest absolute Gasteiger partial charge is 0.459 e. The van der Waals surface area contributed by atoms with E-state index in [2.05, 4.69) is 5.32 Å². The zero-order valence-electron chi connectivity index (χ0n) is 12.2. The standard InChI is InChI=1S/C16H18F3NO/c1-4-13(20-3)15-8-7-14(21-15)12-9-11(16(17,18)19)6-5-10(12)2/h5-9,13,20H,4H2,1-3H3. The van der Waals surface area contributed by atoms with Gasteiger partial charge in [0.25, 0.3) is 0 Å². The van der Waals surface area contributed by atoms with Crippen LogP contribution >= 0.6 is 0 Å². The average molecular weight is 297 g/mol. The molecule has 0 spiro atoms. The maximum atomic E-state index is 12.8. The minimum Gasteiger partial charge on any atom is -0.459 e. The van der Waals surface area contributed by atoms with Crippen LogP contribution in [0.3, 0.4) is 0 Å². The van der Waals surface area contributed by atoms with Crippen molar-refractivity contribution >= 4 is 0 Å². The van der Waals surface area contributed by atoms with E-state index in [0.29, 0.717) is 11.3 Å². The predicted molar refractivity (Wildman–Crippen MR) is 76.0 cm³/mol. The van der Waals surface area contributed by atoms with E-state index in [4.69, 9.17) is 4.42 Å². The molecule has 0 saturated carbocycles. The van der Waals surface area contributed by atoms with Crippen LogP contribution in [0, 0.1) is 6.92 Å². The number of benzene rings is 1. The van der Waals surface area contributed by atoms with Crippen LogP contribution in [-0.2, 0) is 6.18 Å². The summed E-state index contributed by atoms with van der Waals surface area (Å²) in [5.74, 6) is 1.19. The van der Waals surface area contributed by atoms with E-state index < -0.39 is 11.7 Å². The number of furan rings is 1. The van der Waals surface area contributed by atoms with Crippen LogP contribution in [0.2, 0.25) is 0 Å². The smallest absolute Gasteiger partial charge is 0.416 e. The summed E-state index contributed by atoms with van der Waals surface area (Å²) < 4.78 is 44.2. The van der Waals surface area contributed by atoms with Crippen LogP contribution in [0.15, 0.2) is 34.7 Å². The quantitative estimate of drug-likeness (QED) is 0.864. The van der Waals surface area contributed by atoms with Crippen LogP contribution in [0.25, 0.3) is 11.3 Å². The number of halogens is 3. The molecular formula is C16H18F3NO. The molecule has 0 radical (unpaired) electrons. The molecule has 0 fully saturated rings. The Bertz CT molecular complexity index is 612. The lowest BCUT2D eigenvalue weighted by molar-refractivity contribution is -0.137. The van der Waals surface area contributed by atoms with Crippen LogP contribution in [0.4, 0.5) is 13.2 Å². The predicted octanol–water partition coefficient (Wildman–Crippen LogP) is 4.94. The van der Waals surface area contributed by atoms with Crippen LogP contribution in [0.1, 0.15) is 36.3 Å². The minimum atomic E-state index is -4.35. The highest BCUT2D eigenvalue weighted by molar-refractivity contribution is 5.63. The number of hydrogen-bond donors (Lipinski definition) is 1. The van der Waals surface area contributed by atoms with Crippen LogP contribution in [-0.4, -0.2) is 7.05 Å². The third kappa shape index (κ3) is 3.29. The second kappa shape index (κ2) is 5.93. The van der Waals surface area contributed by atoms with Crippen molar-refractivity contribution < 1.29 is 17.6 Å². The molecule has 0 bridgehead atoms. The molecule has 0 aliphatic heterocycles. The summed E-state index contributed by atoms with van der Waals surface area (Å²) in [6.45, 7) is 3.78. The number of rotatable bonds is 4. The fourth-order valence-corrected chi connectivity index (χ4v) is 2.30. The molecule has 1 unspecified atom stereocenters. The van der Waals surface area contributed by atoms with E-state index in [1.54, 1.807) is 19.1 Å². The Balaban J connectivity index is 2.42. The van der Waals surface area contributed by atoms with Gasteiger partial charge in [-0.2, -0.15) is 13.2 Å². The highest BCUT2D eigenvalue weighted by Crippen LogP contribution is 2.35. The van der Waals surface area contributed by atoms with Gasteiger partial charge in [0.15, 0.2) is 0 Å². The van der Waals surface area contributed by atoms with Gasteiger partial charge in [0, 0.05) is 5.56 Å². The summed E-state index contributed by atoms with van der Waals surface area (Å²) in [4.78, 5) is 0. The molecule has 1 aromatic heterocycles. The molecule has 1 aromatic carbocycles. The zero-order valence-corrected chi connectivity index (χ0v) is 12.2. The fourth-order valence-electron chi connectivity index (χ4n) is 2.30. The summed E-state index contributed by atoms with van der Waals surface area (Å²) in [5, 5.41) is 3.11. The van der Waals surface area contributed by atoms with Gasteiger partial charge in [-0.25, -0.2) is 0 Å². The van der Waals surface area contributed by atoms with Crippen molar-refractivity contribution in [3.8, 4) is 11.3 Å². The Labute approximate surface area is 122 Å². The molecule has 0 saturated heterocycles. The summed E-state index contributed by atoms with van der Waals surface area (Å²) in [5.41, 5.74) is 0.560. The Kier molecular flexibility index (Phi) is 4.42. The molecule has 21 heavy (non-hydrogen) atoms. The van der Waals surface area contributed by atoms with Gasteiger partial charge in [-0.05, 0) is 50.2 Å². The van der Waals surface area contributed by atoms with Crippen LogP contribution < -0.4 is 5.32 Å². The summed E-state index contributed by atoms with van der Waals surface area (Å²) >= 11 is 0. The van der Waals surface area contributed by atoms with Gasteiger partial charge < -0.3 is 9.73 Å². The lowest BCUT2D eigenvalue weighted by Gasteiger charge is -2.11. The third-order valence-corrected chi connectivity index (χ3v) is 3.56. The molecule has 0 aliphatic rings. The molecule has 0 amide bonds. The molecule has 2 rings (SSSR count). The van der Waals surface area contributed by atoms with Gasteiger partial charge >= 0.3 is 6.18 Å². The van der Waals surface area contributed by atoms with Gasteiger partial charge in [0.2, 0.25) is 0 Å². The van der Waals surface area contributed by atoms with Gasteiger partial charge in [-0.3, -0.25) is 0 Å². The van der Waals surface area contributed by atoms with Crippen molar-refractivity contribution in [2.75, 3.05) is 7.05 Å². The Hall–Kier alpha value is -1.75. The first-order valence-electron chi connectivity index (χ1n) is 6.82. The Morgan fingerprint density at radius 2 is 1.90 bits per heavy atom. The molecule has 1 atom stereocenters. The lowest BCUT2D eigenvalue weighted by Crippen LogP contribution is -2.14. The number of alkyl halides is 3. The van der Waals surface area contributed by atoms with Gasteiger partial charge in [0.05, 0.1) is 11.6 Å². The topological polar surface area (TPSA) is 25.2 Å². The van der Waals surface area contributed by atoms with E-state index >= 15 is 0 Å². The first-order valence-corrected chi connectivity index (χ1v) is 6.82. The second-order valence-corrected chi connectivity index (χ2v) is 4.98. The molecule has 0 aliphatic carbocycles. The molecule has 1 N–H and O–H groups in total. The Morgan fingerprint density at radius 1 is 1.19 bits per heavy atom. The normalized spacial score (nSPS) is 13.4. The lowest BCUT2D eigenvalue weighted by atomic mass is 10.0. The van der Waals surface area contributed by atoms with Crippen molar-refractivity contribution in [3.63, 3.8) is 0 Å². The van der Waals surface area contributed by atoms with Crippen molar-refractivity contribution in [2.45, 2.75) is 32.5 Å². The first kappa shape index (κ1) is 15.6. The maximum Gasteiger partial charge on any atom is 0.416 e. The molecule has 5 heteroatoms. The van der Waals surface area contributed by atoms with Crippen molar-refractivity contribution in [2.24, 2.45) is 0 Å². The Morgan fingerprint density at radius 3 is 2.48 bits per heavy atom. The molecule has 114 valence electrons. The van der Waals surface area contributed by atoms with E-state index in [0.717, 1.165) is 29.9 Å². The summed E-state index contributed by atoms with van der Waals surface area (Å²) in [6.07, 6.45) is -3.51. The third-order valence-electron chi connectivity index (χ3n) is 3.56. The highest BCUT2D eigenvalue weighted by Gasteiger charge is 2.31. The minimum absolute atomic E-state index is 0.0601. The van der Waals surface area contributed by atoms with E-state index in [9.17, 15) is 13.2 Å². The van der Waals surface area contributed by atoms with Gasteiger partial charge in [0.1, 0.15) is 11.5 Å². The zero-order chi connectivity index (χ0) is 15.6. The van der Waals surface area contributed by atoms with E-state index in [1.165, 1.54) is 6.07 Å². The van der Waals surface area contributed by atoms with Crippen molar-refractivity contribution in [1.82, 2.24) is 5.32 Å². The maximum absolute atomic E-state index is 12.8. The number of hydrogen-bond acceptors (Lipinski definition) is 2. The second-order valence-electron chi connectivity index (χ2n) is 4.98. The first-order chi connectivity index (χ1) is 9.86. The van der Waals surface area contributed by atoms with E-state index in [-0.39, 0.29) is 6.04 Å². The molecule has 2 nitrogen and oxygen atoms in total. The summed E-state index contributed by atoms with van der Waals surface area (Å²) in [6, 6.07) is 7.28. The molecule has 1 heterocycles. The van der Waals surface area contributed by atoms with E-state index in [1.807, 2.05) is 14.0 Å². The number of aryl methyl sites for hydroxylation is 1. The molecular weight excluding hydrogens is 279 g/mol. The SMILES string of the molecule is CCC(NC)c1ccc(-c2cc(C(F)(F)F)ccc2C)o1. The fraction of sp³-hybridized carbons (Fsp3) is 0.375. The van der Waals surface area contributed by atoms with Crippen LogP contribution in [0.5, 0.6) is 0 Å². The summed E-state index contributed by atoms with van der Waals surface area (Å²) in [7, 11) is 1.83. The highest BCUT2D eigenvalue weighted by atomic mass is 19.4. The number of nitrogens with one attached hydrogen (secondary N) is 1. The van der Waals surface area contributed by atoms with Crippen molar-refractivity contribution in [1.29, 1.82) is 0 Å². The van der Waals surface area contributed by atoms with Crippen molar-refractivity contribution in [3.05, 3.63) is 47.2 Å².